The lowest BCUT2D eigenvalue weighted by Crippen LogP contribution is -2.49. The number of piperidine rings is 1. The minimum absolute atomic E-state index is 0.562. The summed E-state index contributed by atoms with van der Waals surface area (Å²) < 4.78 is 38.5. The molecule has 2 aliphatic heterocycles. The first-order chi connectivity index (χ1) is 11.5. The molecule has 0 aliphatic carbocycles. The highest BCUT2D eigenvalue weighted by molar-refractivity contribution is 5.49. The number of benzene rings is 1. The van der Waals surface area contributed by atoms with Crippen molar-refractivity contribution in [1.29, 1.82) is 0 Å². The highest BCUT2D eigenvalue weighted by Gasteiger charge is 2.31. The lowest BCUT2D eigenvalue weighted by atomic mass is 10.1. The van der Waals surface area contributed by atoms with Gasteiger partial charge in [0.25, 0.3) is 0 Å². The molecule has 1 aromatic rings. The van der Waals surface area contributed by atoms with E-state index in [1.807, 2.05) is 0 Å². The number of nitrogens with zero attached hydrogens (tertiary/aromatic N) is 3. The molecule has 0 unspecified atom stereocenters. The fraction of sp³-hybridized carbons (Fsp3) is 0.667. The van der Waals surface area contributed by atoms with Crippen LogP contribution < -0.4 is 4.90 Å². The molecular weight excluding hydrogens is 315 g/mol. The number of hydrogen-bond donors (Lipinski definition) is 0. The number of likely N-dealkylation sites (tertiary alicyclic amines) is 1. The van der Waals surface area contributed by atoms with Crippen LogP contribution in [0.5, 0.6) is 0 Å². The molecule has 134 valence electrons. The van der Waals surface area contributed by atoms with E-state index in [0.29, 0.717) is 5.69 Å². The van der Waals surface area contributed by atoms with Crippen molar-refractivity contribution >= 4 is 5.69 Å². The van der Waals surface area contributed by atoms with E-state index in [0.717, 1.165) is 45.3 Å². The van der Waals surface area contributed by atoms with Gasteiger partial charge in [-0.05, 0) is 44.1 Å². The normalized spacial score (nSPS) is 21.2. The van der Waals surface area contributed by atoms with Crippen LogP contribution in [0.2, 0.25) is 0 Å². The standard InChI is InChI=1S/C18H26F3N3/c19-18(20,21)16-5-4-6-17(15-16)24-13-11-23(12-14-24)10-9-22-7-2-1-3-8-22/h4-6,15H,1-3,7-14H2. The Hall–Kier alpha value is -1.27. The third-order valence-corrected chi connectivity index (χ3v) is 5.09. The largest absolute Gasteiger partial charge is 0.416 e. The lowest BCUT2D eigenvalue weighted by Gasteiger charge is -2.37. The van der Waals surface area contributed by atoms with E-state index in [-0.39, 0.29) is 0 Å². The quantitative estimate of drug-likeness (QED) is 0.832. The van der Waals surface area contributed by atoms with Gasteiger partial charge in [0.15, 0.2) is 0 Å². The fourth-order valence-corrected chi connectivity index (χ4v) is 3.57. The maximum Gasteiger partial charge on any atom is 0.416 e. The third kappa shape index (κ3) is 4.63. The Morgan fingerprint density at radius 1 is 0.792 bits per heavy atom. The van der Waals surface area contributed by atoms with Crippen molar-refractivity contribution in [2.45, 2.75) is 25.4 Å². The lowest BCUT2D eigenvalue weighted by molar-refractivity contribution is -0.137. The smallest absolute Gasteiger partial charge is 0.369 e. The highest BCUT2D eigenvalue weighted by atomic mass is 19.4. The number of piperazine rings is 1. The van der Waals surface area contributed by atoms with E-state index in [1.54, 1.807) is 6.07 Å². The summed E-state index contributed by atoms with van der Waals surface area (Å²) >= 11 is 0. The van der Waals surface area contributed by atoms with Crippen LogP contribution >= 0.6 is 0 Å². The van der Waals surface area contributed by atoms with Crippen molar-refractivity contribution < 1.29 is 13.2 Å². The Morgan fingerprint density at radius 2 is 1.42 bits per heavy atom. The molecule has 0 saturated carbocycles. The molecule has 0 bridgehead atoms. The van der Waals surface area contributed by atoms with Gasteiger partial charge in [0.2, 0.25) is 0 Å². The van der Waals surface area contributed by atoms with Crippen molar-refractivity contribution in [3.8, 4) is 0 Å². The zero-order valence-electron chi connectivity index (χ0n) is 14.1. The Balaban J connectivity index is 1.48. The molecule has 2 saturated heterocycles. The summed E-state index contributed by atoms with van der Waals surface area (Å²) in [7, 11) is 0. The van der Waals surface area contributed by atoms with Gasteiger partial charge in [0.05, 0.1) is 5.56 Å². The van der Waals surface area contributed by atoms with E-state index < -0.39 is 11.7 Å². The number of rotatable bonds is 4. The Bertz CT molecular complexity index is 518. The van der Waals surface area contributed by atoms with Crippen LogP contribution in [0.3, 0.4) is 0 Å². The van der Waals surface area contributed by atoms with Crippen LogP contribution in [0.25, 0.3) is 0 Å². The molecule has 0 radical (unpaired) electrons. The molecule has 6 heteroatoms. The SMILES string of the molecule is FC(F)(F)c1cccc(N2CCN(CCN3CCCCC3)CC2)c1. The van der Waals surface area contributed by atoms with Gasteiger partial charge in [-0.2, -0.15) is 13.2 Å². The Morgan fingerprint density at radius 3 is 2.04 bits per heavy atom. The van der Waals surface area contributed by atoms with Gasteiger partial charge >= 0.3 is 6.18 Å². The van der Waals surface area contributed by atoms with Gasteiger partial charge in [0, 0.05) is 45.0 Å². The molecule has 3 nitrogen and oxygen atoms in total. The van der Waals surface area contributed by atoms with Crippen LogP contribution in [-0.2, 0) is 6.18 Å². The average molecular weight is 341 g/mol. The van der Waals surface area contributed by atoms with Gasteiger partial charge < -0.3 is 9.80 Å². The topological polar surface area (TPSA) is 9.72 Å². The van der Waals surface area contributed by atoms with Gasteiger partial charge in [-0.1, -0.05) is 12.5 Å². The average Bonchev–Trinajstić information content (AvgIpc) is 2.61. The fourth-order valence-electron chi connectivity index (χ4n) is 3.57. The van der Waals surface area contributed by atoms with Crippen molar-refractivity contribution in [3.05, 3.63) is 29.8 Å². The molecule has 2 aliphatic rings. The summed E-state index contributed by atoms with van der Waals surface area (Å²) in [6, 6.07) is 5.68. The predicted octanol–water partition coefficient (Wildman–Crippen LogP) is 3.31. The zero-order chi connectivity index (χ0) is 17.0. The van der Waals surface area contributed by atoms with Crippen molar-refractivity contribution in [3.63, 3.8) is 0 Å². The first-order valence-corrected chi connectivity index (χ1v) is 8.89. The summed E-state index contributed by atoms with van der Waals surface area (Å²) in [6.45, 7) is 8.03. The summed E-state index contributed by atoms with van der Waals surface area (Å²) in [6.07, 6.45) is -0.301. The number of halogens is 3. The van der Waals surface area contributed by atoms with E-state index in [1.165, 1.54) is 44.5 Å². The van der Waals surface area contributed by atoms with Crippen molar-refractivity contribution in [2.75, 3.05) is 57.3 Å². The third-order valence-electron chi connectivity index (χ3n) is 5.09. The molecular formula is C18H26F3N3. The second-order valence-electron chi connectivity index (χ2n) is 6.78. The number of hydrogen-bond acceptors (Lipinski definition) is 3. The molecule has 24 heavy (non-hydrogen) atoms. The van der Waals surface area contributed by atoms with Crippen molar-refractivity contribution in [1.82, 2.24) is 9.80 Å². The van der Waals surface area contributed by atoms with Gasteiger partial charge in [0.1, 0.15) is 0 Å². The van der Waals surface area contributed by atoms with Gasteiger partial charge in [-0.25, -0.2) is 0 Å². The van der Waals surface area contributed by atoms with E-state index in [9.17, 15) is 13.2 Å². The van der Waals surface area contributed by atoms with Crippen LogP contribution in [-0.4, -0.2) is 62.2 Å². The summed E-state index contributed by atoms with van der Waals surface area (Å²) in [5.74, 6) is 0. The van der Waals surface area contributed by atoms with Crippen LogP contribution in [0.4, 0.5) is 18.9 Å². The monoisotopic (exact) mass is 341 g/mol. The zero-order valence-corrected chi connectivity index (χ0v) is 14.1. The minimum atomic E-state index is -4.27. The van der Waals surface area contributed by atoms with E-state index in [2.05, 4.69) is 14.7 Å². The molecule has 0 N–H and O–H groups in total. The molecule has 0 atom stereocenters. The van der Waals surface area contributed by atoms with Crippen LogP contribution in [0, 0.1) is 0 Å². The summed E-state index contributed by atoms with van der Waals surface area (Å²) in [5, 5.41) is 0. The molecule has 1 aromatic carbocycles. The molecule has 2 heterocycles. The minimum Gasteiger partial charge on any atom is -0.369 e. The number of alkyl halides is 3. The predicted molar refractivity (Wildman–Crippen MR) is 90.4 cm³/mol. The summed E-state index contributed by atoms with van der Waals surface area (Å²) in [4.78, 5) is 7.02. The first kappa shape index (κ1) is 17.5. The first-order valence-electron chi connectivity index (χ1n) is 8.89. The van der Waals surface area contributed by atoms with E-state index in [4.69, 9.17) is 0 Å². The maximum absolute atomic E-state index is 12.8. The van der Waals surface area contributed by atoms with Crippen molar-refractivity contribution in [2.24, 2.45) is 0 Å². The number of anilines is 1. The van der Waals surface area contributed by atoms with Crippen LogP contribution in [0.15, 0.2) is 24.3 Å². The Kier molecular flexibility index (Phi) is 5.66. The molecule has 0 spiro atoms. The maximum atomic E-state index is 12.8. The molecule has 2 fully saturated rings. The van der Waals surface area contributed by atoms with Gasteiger partial charge in [-0.3, -0.25) is 4.90 Å². The molecule has 3 rings (SSSR count). The Labute approximate surface area is 142 Å². The second kappa shape index (κ2) is 7.74. The van der Waals surface area contributed by atoms with Crippen LogP contribution in [0.1, 0.15) is 24.8 Å². The molecule has 0 aromatic heterocycles. The summed E-state index contributed by atoms with van der Waals surface area (Å²) in [5.41, 5.74) is 0.119. The second-order valence-corrected chi connectivity index (χ2v) is 6.78. The van der Waals surface area contributed by atoms with Gasteiger partial charge in [-0.15, -0.1) is 0 Å². The van der Waals surface area contributed by atoms with E-state index >= 15 is 0 Å². The highest BCUT2D eigenvalue weighted by Crippen LogP contribution is 2.31. The molecule has 0 amide bonds.